The van der Waals surface area contributed by atoms with Gasteiger partial charge in [0.15, 0.2) is 0 Å². The average Bonchev–Trinajstić information content (AvgIpc) is 2.79. The first kappa shape index (κ1) is 25.8. The number of aryl methyl sites for hydroxylation is 3. The fourth-order valence-corrected chi connectivity index (χ4v) is 6.95. The highest BCUT2D eigenvalue weighted by Gasteiger charge is 2.33. The Hall–Kier alpha value is -2.83. The summed E-state index contributed by atoms with van der Waals surface area (Å²) in [6.45, 7) is 20.2. The van der Waals surface area contributed by atoms with Gasteiger partial charge in [-0.05, 0) is 65.1 Å². The van der Waals surface area contributed by atoms with Gasteiger partial charge in [-0.15, -0.1) is 0 Å². The second-order valence-corrected chi connectivity index (χ2v) is 14.0. The first-order valence-electron chi connectivity index (χ1n) is 13.3. The summed E-state index contributed by atoms with van der Waals surface area (Å²) in [4.78, 5) is 0. The van der Waals surface area contributed by atoms with Crippen LogP contribution in [0.15, 0.2) is 60.7 Å². The van der Waals surface area contributed by atoms with Crippen LogP contribution in [0, 0.1) is 20.8 Å². The standard InChI is InChI=1S/C34H39O2P/c1-21-16-24-20-25-17-22(2)19-29(34(7,8)9)32(25)36-37(35-31(24)28(18-21)33(4,5)6)30-15-14-23(3)26-12-10-11-13-27(26)30/h10-19H,20H2,1-9H3. The molecule has 0 saturated heterocycles. The molecule has 0 saturated carbocycles. The molecule has 2 nitrogen and oxygen atoms in total. The maximum atomic E-state index is 7.08. The number of benzene rings is 4. The zero-order valence-electron chi connectivity index (χ0n) is 23.7. The van der Waals surface area contributed by atoms with Gasteiger partial charge in [0.2, 0.25) is 0 Å². The van der Waals surface area contributed by atoms with Gasteiger partial charge in [0.25, 0.3) is 0 Å². The normalized spacial score (nSPS) is 14.3. The van der Waals surface area contributed by atoms with Gasteiger partial charge < -0.3 is 9.05 Å². The van der Waals surface area contributed by atoms with Crippen LogP contribution in [0.25, 0.3) is 10.8 Å². The maximum Gasteiger partial charge on any atom is 0.326 e. The molecule has 4 aromatic carbocycles. The number of hydrogen-bond donors (Lipinski definition) is 0. The topological polar surface area (TPSA) is 18.5 Å². The summed E-state index contributed by atoms with van der Waals surface area (Å²) in [5.41, 5.74) is 8.64. The van der Waals surface area contributed by atoms with Crippen LogP contribution >= 0.6 is 8.38 Å². The van der Waals surface area contributed by atoms with Gasteiger partial charge in [-0.1, -0.05) is 107 Å². The second-order valence-electron chi connectivity index (χ2n) is 12.7. The molecule has 1 heterocycles. The van der Waals surface area contributed by atoms with E-state index in [9.17, 15) is 0 Å². The van der Waals surface area contributed by atoms with E-state index in [2.05, 4.69) is 123 Å². The Bertz CT molecular complexity index is 1430. The van der Waals surface area contributed by atoms with E-state index in [1.807, 2.05) is 0 Å². The molecule has 0 atom stereocenters. The van der Waals surface area contributed by atoms with Gasteiger partial charge in [-0.25, -0.2) is 0 Å². The van der Waals surface area contributed by atoms with Gasteiger partial charge in [0, 0.05) is 17.5 Å². The Balaban J connectivity index is 1.83. The zero-order valence-corrected chi connectivity index (χ0v) is 24.6. The summed E-state index contributed by atoms with van der Waals surface area (Å²) in [5.74, 6) is 1.97. The third kappa shape index (κ3) is 4.89. The van der Waals surface area contributed by atoms with E-state index in [4.69, 9.17) is 9.05 Å². The van der Waals surface area contributed by atoms with Gasteiger partial charge >= 0.3 is 8.38 Å². The second kappa shape index (κ2) is 9.17. The average molecular weight is 511 g/mol. The number of fused-ring (bicyclic) bond motifs is 3. The lowest BCUT2D eigenvalue weighted by Gasteiger charge is -2.33. The van der Waals surface area contributed by atoms with E-state index in [1.54, 1.807) is 0 Å². The van der Waals surface area contributed by atoms with Crippen molar-refractivity contribution < 1.29 is 9.05 Å². The highest BCUT2D eigenvalue weighted by Crippen LogP contribution is 2.52. The molecule has 1 aliphatic heterocycles. The molecule has 0 N–H and O–H groups in total. The zero-order chi connectivity index (χ0) is 26.7. The van der Waals surface area contributed by atoms with Crippen molar-refractivity contribution in [1.82, 2.24) is 0 Å². The van der Waals surface area contributed by atoms with Crippen LogP contribution in [0.3, 0.4) is 0 Å². The molecule has 0 aromatic heterocycles. The van der Waals surface area contributed by atoms with E-state index in [1.165, 1.54) is 49.7 Å². The van der Waals surface area contributed by atoms with Gasteiger partial charge in [0.05, 0.1) is 5.30 Å². The van der Waals surface area contributed by atoms with E-state index < -0.39 is 8.38 Å². The predicted molar refractivity (Wildman–Crippen MR) is 159 cm³/mol. The van der Waals surface area contributed by atoms with Crippen LogP contribution in [-0.2, 0) is 17.3 Å². The van der Waals surface area contributed by atoms with Crippen LogP contribution in [-0.4, -0.2) is 0 Å². The lowest BCUT2D eigenvalue weighted by Crippen LogP contribution is -2.21. The van der Waals surface area contributed by atoms with Crippen LogP contribution < -0.4 is 14.4 Å². The molecule has 4 aromatic rings. The van der Waals surface area contributed by atoms with Crippen molar-refractivity contribution in [3.8, 4) is 11.5 Å². The molecule has 5 rings (SSSR count). The summed E-state index contributed by atoms with van der Waals surface area (Å²) in [6, 6.07) is 22.2. The van der Waals surface area contributed by atoms with Crippen LogP contribution in [0.2, 0.25) is 0 Å². The predicted octanol–water partition coefficient (Wildman–Crippen LogP) is 9.36. The van der Waals surface area contributed by atoms with Crippen molar-refractivity contribution >= 4 is 24.5 Å². The minimum Gasteiger partial charge on any atom is -0.435 e. The van der Waals surface area contributed by atoms with Crippen LogP contribution in [0.1, 0.15) is 80.5 Å². The Kier molecular flexibility index (Phi) is 6.40. The molecule has 0 amide bonds. The summed E-state index contributed by atoms with van der Waals surface area (Å²) < 4.78 is 14.2. The number of hydrogen-bond acceptors (Lipinski definition) is 2. The molecule has 192 valence electrons. The molecule has 3 heteroatoms. The third-order valence-corrected chi connectivity index (χ3v) is 8.76. The van der Waals surface area contributed by atoms with Crippen molar-refractivity contribution in [2.24, 2.45) is 0 Å². The van der Waals surface area contributed by atoms with Gasteiger partial charge in [-0.2, -0.15) is 0 Å². The molecule has 1 aliphatic rings. The Morgan fingerprint density at radius 3 is 1.59 bits per heavy atom. The fourth-order valence-electron chi connectivity index (χ4n) is 5.37. The molecular formula is C34H39O2P. The van der Waals surface area contributed by atoms with E-state index in [0.29, 0.717) is 0 Å². The lowest BCUT2D eigenvalue weighted by molar-refractivity contribution is 0.457. The van der Waals surface area contributed by atoms with E-state index in [-0.39, 0.29) is 10.8 Å². The third-order valence-electron chi connectivity index (χ3n) is 7.28. The molecule has 0 spiro atoms. The van der Waals surface area contributed by atoms with Gasteiger partial charge in [0.1, 0.15) is 11.5 Å². The van der Waals surface area contributed by atoms with Gasteiger partial charge in [-0.3, -0.25) is 0 Å². The van der Waals surface area contributed by atoms with Crippen molar-refractivity contribution in [1.29, 1.82) is 0 Å². The monoisotopic (exact) mass is 510 g/mol. The van der Waals surface area contributed by atoms with Crippen molar-refractivity contribution in [3.05, 3.63) is 99.6 Å². The molecule has 0 unspecified atom stereocenters. The smallest absolute Gasteiger partial charge is 0.326 e. The minimum atomic E-state index is -1.44. The fraction of sp³-hybridized carbons (Fsp3) is 0.353. The largest absolute Gasteiger partial charge is 0.435 e. The lowest BCUT2D eigenvalue weighted by atomic mass is 9.81. The minimum absolute atomic E-state index is 0.0579. The summed E-state index contributed by atoms with van der Waals surface area (Å²) in [6.07, 6.45) is 0.790. The first-order chi connectivity index (χ1) is 17.3. The molecule has 0 bridgehead atoms. The summed E-state index contributed by atoms with van der Waals surface area (Å²) in [7, 11) is -1.44. The van der Waals surface area contributed by atoms with Crippen molar-refractivity contribution in [3.63, 3.8) is 0 Å². The van der Waals surface area contributed by atoms with E-state index >= 15 is 0 Å². The Labute approximate surface area is 224 Å². The molecule has 0 radical (unpaired) electrons. The SMILES string of the molecule is Cc1cc2c(c(C(C)(C)C)c1)OP(c1ccc(C)c3ccccc13)Oc1c(cc(C)cc1C(C)(C)C)C2. The highest BCUT2D eigenvalue weighted by atomic mass is 31.2. The highest BCUT2D eigenvalue weighted by molar-refractivity contribution is 7.57. The number of rotatable bonds is 1. The molecule has 0 fully saturated rings. The Morgan fingerprint density at radius 1 is 0.622 bits per heavy atom. The van der Waals surface area contributed by atoms with Crippen molar-refractivity contribution in [2.45, 2.75) is 79.6 Å². The quantitative estimate of drug-likeness (QED) is 0.238. The molecule has 37 heavy (non-hydrogen) atoms. The molecular weight excluding hydrogens is 471 g/mol. The van der Waals surface area contributed by atoms with Crippen LogP contribution in [0.5, 0.6) is 11.5 Å². The molecule has 0 aliphatic carbocycles. The van der Waals surface area contributed by atoms with Crippen LogP contribution in [0.4, 0.5) is 0 Å². The van der Waals surface area contributed by atoms with E-state index in [0.717, 1.165) is 23.2 Å². The Morgan fingerprint density at radius 2 is 1.11 bits per heavy atom. The summed E-state index contributed by atoms with van der Waals surface area (Å²) in [5, 5.41) is 3.57. The maximum absolute atomic E-state index is 7.08. The first-order valence-corrected chi connectivity index (χ1v) is 14.4. The summed E-state index contributed by atoms with van der Waals surface area (Å²) >= 11 is 0. The van der Waals surface area contributed by atoms with Crippen molar-refractivity contribution in [2.75, 3.05) is 0 Å².